The van der Waals surface area contributed by atoms with Crippen molar-refractivity contribution in [2.45, 2.75) is 18.6 Å². The summed E-state index contributed by atoms with van der Waals surface area (Å²) in [6.45, 7) is 2.29. The van der Waals surface area contributed by atoms with Gasteiger partial charge in [0.25, 0.3) is 5.56 Å². The van der Waals surface area contributed by atoms with Crippen molar-refractivity contribution in [2.24, 2.45) is 0 Å². The van der Waals surface area contributed by atoms with Gasteiger partial charge in [0.15, 0.2) is 5.16 Å². The minimum Gasteiger partial charge on any atom is -0.349 e. The van der Waals surface area contributed by atoms with Crippen LogP contribution in [-0.2, 0) is 11.3 Å². The van der Waals surface area contributed by atoms with Crippen molar-refractivity contribution in [1.82, 2.24) is 14.5 Å². The highest BCUT2D eigenvalue weighted by Crippen LogP contribution is 2.24. The van der Waals surface area contributed by atoms with E-state index in [1.165, 1.54) is 34.5 Å². The first-order valence-electron chi connectivity index (χ1n) is 8.76. The summed E-state index contributed by atoms with van der Waals surface area (Å²) in [4.78, 5) is 32.9. The molecule has 2 aromatic heterocycles. The van der Waals surface area contributed by atoms with Crippen molar-refractivity contribution in [1.29, 1.82) is 0 Å². The molecule has 4 rings (SSSR count). The van der Waals surface area contributed by atoms with Crippen LogP contribution in [0.15, 0.2) is 58.5 Å². The number of fused-ring (bicyclic) bond motifs is 3. The number of benzene rings is 2. The van der Waals surface area contributed by atoms with Crippen LogP contribution in [0.25, 0.3) is 21.9 Å². The Labute approximate surface area is 163 Å². The van der Waals surface area contributed by atoms with Crippen LogP contribution >= 0.6 is 11.8 Å². The van der Waals surface area contributed by atoms with Crippen molar-refractivity contribution in [3.8, 4) is 0 Å². The first kappa shape index (κ1) is 18.2. The summed E-state index contributed by atoms with van der Waals surface area (Å²) in [5.74, 6) is -0.667. The fourth-order valence-corrected chi connectivity index (χ4v) is 3.91. The van der Waals surface area contributed by atoms with Crippen molar-refractivity contribution in [2.75, 3.05) is 11.1 Å². The van der Waals surface area contributed by atoms with Gasteiger partial charge in [0.05, 0.1) is 5.75 Å². The normalized spacial score (nSPS) is 11.2. The molecule has 142 valence electrons. The molecule has 2 N–H and O–H groups in total. The SMILES string of the molecule is CCn1c(SCC(=O)Nc2cccc(F)c2)nc2c([nH]c3ccccc32)c1=O. The number of para-hydroxylation sites is 1. The summed E-state index contributed by atoms with van der Waals surface area (Å²) >= 11 is 1.18. The number of halogens is 1. The van der Waals surface area contributed by atoms with Gasteiger partial charge < -0.3 is 10.3 Å². The second-order valence-electron chi connectivity index (χ2n) is 6.19. The number of hydrogen-bond donors (Lipinski definition) is 2. The van der Waals surface area contributed by atoms with Gasteiger partial charge >= 0.3 is 0 Å². The van der Waals surface area contributed by atoms with Gasteiger partial charge in [-0.25, -0.2) is 9.37 Å². The number of hydrogen-bond acceptors (Lipinski definition) is 4. The van der Waals surface area contributed by atoms with Gasteiger partial charge in [-0.1, -0.05) is 36.0 Å². The number of amides is 1. The molecule has 2 aromatic carbocycles. The lowest BCUT2D eigenvalue weighted by Gasteiger charge is -2.10. The highest BCUT2D eigenvalue weighted by atomic mass is 32.2. The molecule has 0 radical (unpaired) electrons. The van der Waals surface area contributed by atoms with E-state index in [9.17, 15) is 14.0 Å². The second-order valence-corrected chi connectivity index (χ2v) is 7.13. The van der Waals surface area contributed by atoms with E-state index in [0.717, 1.165) is 10.9 Å². The predicted octanol–water partition coefficient (Wildman–Crippen LogP) is 3.77. The zero-order chi connectivity index (χ0) is 19.7. The van der Waals surface area contributed by atoms with E-state index in [0.29, 0.717) is 28.4 Å². The van der Waals surface area contributed by atoms with E-state index in [1.54, 1.807) is 6.07 Å². The van der Waals surface area contributed by atoms with E-state index < -0.39 is 5.82 Å². The standard InChI is InChI=1S/C20H17FN4O2S/c1-2-25-19(27)18-17(14-8-3-4-9-15(14)23-18)24-20(25)28-11-16(26)22-13-7-5-6-12(21)10-13/h3-10,23H,2,11H2,1H3,(H,22,26). The Morgan fingerprint density at radius 3 is 2.86 bits per heavy atom. The number of nitrogens with one attached hydrogen (secondary N) is 2. The zero-order valence-electron chi connectivity index (χ0n) is 15.0. The molecule has 0 unspecified atom stereocenters. The molecule has 6 nitrogen and oxygen atoms in total. The minimum atomic E-state index is -0.420. The van der Waals surface area contributed by atoms with Crippen LogP contribution in [0, 0.1) is 5.82 Å². The smallest absolute Gasteiger partial charge is 0.278 e. The number of rotatable bonds is 5. The minimum absolute atomic E-state index is 0.0524. The number of aromatic nitrogens is 3. The number of aromatic amines is 1. The van der Waals surface area contributed by atoms with Crippen LogP contribution in [0.5, 0.6) is 0 Å². The third-order valence-electron chi connectivity index (χ3n) is 4.33. The molecule has 0 bridgehead atoms. The summed E-state index contributed by atoms with van der Waals surface area (Å²) < 4.78 is 14.8. The third-order valence-corrected chi connectivity index (χ3v) is 5.31. The Hall–Kier alpha value is -3.13. The maximum absolute atomic E-state index is 13.2. The number of H-pyrrole nitrogens is 1. The Kier molecular flexibility index (Phi) is 4.87. The third kappa shape index (κ3) is 3.38. The summed E-state index contributed by atoms with van der Waals surface area (Å²) in [6, 6.07) is 13.3. The summed E-state index contributed by atoms with van der Waals surface area (Å²) in [5.41, 5.74) is 2.11. The van der Waals surface area contributed by atoms with E-state index in [-0.39, 0.29) is 17.2 Å². The first-order valence-corrected chi connectivity index (χ1v) is 9.75. The molecule has 8 heteroatoms. The van der Waals surface area contributed by atoms with Crippen molar-refractivity contribution in [3.63, 3.8) is 0 Å². The van der Waals surface area contributed by atoms with Crippen LogP contribution in [-0.4, -0.2) is 26.2 Å². The van der Waals surface area contributed by atoms with Crippen LogP contribution in [0.3, 0.4) is 0 Å². The molecule has 0 fully saturated rings. The molecule has 0 atom stereocenters. The van der Waals surface area contributed by atoms with Crippen molar-refractivity contribution >= 4 is 45.3 Å². The molecular formula is C20H17FN4O2S. The summed E-state index contributed by atoms with van der Waals surface area (Å²) in [6.07, 6.45) is 0. The molecule has 0 aliphatic heterocycles. The van der Waals surface area contributed by atoms with E-state index in [4.69, 9.17) is 0 Å². The van der Waals surface area contributed by atoms with Crippen LogP contribution < -0.4 is 10.9 Å². The quantitative estimate of drug-likeness (QED) is 0.398. The van der Waals surface area contributed by atoms with Gasteiger partial charge in [-0.2, -0.15) is 0 Å². The lowest BCUT2D eigenvalue weighted by Crippen LogP contribution is -2.23. The molecule has 0 saturated carbocycles. The largest absolute Gasteiger partial charge is 0.349 e. The average Bonchev–Trinajstić information content (AvgIpc) is 3.06. The second kappa shape index (κ2) is 7.47. The molecule has 1 amide bonds. The maximum Gasteiger partial charge on any atom is 0.278 e. The van der Waals surface area contributed by atoms with Gasteiger partial charge in [0, 0.05) is 23.1 Å². The predicted molar refractivity (Wildman–Crippen MR) is 109 cm³/mol. The molecule has 0 saturated heterocycles. The van der Waals surface area contributed by atoms with Gasteiger partial charge in [0.1, 0.15) is 16.9 Å². The Bertz CT molecular complexity index is 1250. The first-order chi connectivity index (χ1) is 13.6. The molecule has 28 heavy (non-hydrogen) atoms. The van der Waals surface area contributed by atoms with Gasteiger partial charge in [-0.05, 0) is 31.2 Å². The fourth-order valence-electron chi connectivity index (χ4n) is 3.06. The van der Waals surface area contributed by atoms with Gasteiger partial charge in [0.2, 0.25) is 5.91 Å². The lowest BCUT2D eigenvalue weighted by atomic mass is 10.2. The highest BCUT2D eigenvalue weighted by molar-refractivity contribution is 7.99. The van der Waals surface area contributed by atoms with Gasteiger partial charge in [-0.3, -0.25) is 14.2 Å². The van der Waals surface area contributed by atoms with Crippen LogP contribution in [0.4, 0.5) is 10.1 Å². The maximum atomic E-state index is 13.2. The van der Waals surface area contributed by atoms with E-state index in [1.807, 2.05) is 31.2 Å². The highest BCUT2D eigenvalue weighted by Gasteiger charge is 2.16. The monoisotopic (exact) mass is 396 g/mol. The van der Waals surface area contributed by atoms with E-state index in [2.05, 4.69) is 15.3 Å². The Morgan fingerprint density at radius 1 is 1.25 bits per heavy atom. The molecule has 0 spiro atoms. The van der Waals surface area contributed by atoms with Crippen molar-refractivity contribution in [3.05, 3.63) is 64.7 Å². The fraction of sp³-hybridized carbons (Fsp3) is 0.150. The number of nitrogens with zero attached hydrogens (tertiary/aromatic N) is 2. The number of carbonyl (C=O) groups is 1. The molecular weight excluding hydrogens is 379 g/mol. The van der Waals surface area contributed by atoms with Crippen molar-refractivity contribution < 1.29 is 9.18 Å². The summed E-state index contributed by atoms with van der Waals surface area (Å²) in [7, 11) is 0. The van der Waals surface area contributed by atoms with E-state index >= 15 is 0 Å². The number of thioether (sulfide) groups is 1. The molecule has 0 aliphatic rings. The van der Waals surface area contributed by atoms with Crippen LogP contribution in [0.2, 0.25) is 0 Å². The molecule has 2 heterocycles. The average molecular weight is 396 g/mol. The zero-order valence-corrected chi connectivity index (χ0v) is 15.8. The lowest BCUT2D eigenvalue weighted by molar-refractivity contribution is -0.113. The topological polar surface area (TPSA) is 79.8 Å². The van der Waals surface area contributed by atoms with Crippen LogP contribution in [0.1, 0.15) is 6.92 Å². The number of carbonyl (C=O) groups excluding carboxylic acids is 1. The summed E-state index contributed by atoms with van der Waals surface area (Å²) in [5, 5.41) is 3.98. The Morgan fingerprint density at radius 2 is 2.07 bits per heavy atom. The Balaban J connectivity index is 1.63. The number of anilines is 1. The molecule has 4 aromatic rings. The molecule has 0 aliphatic carbocycles. The van der Waals surface area contributed by atoms with Gasteiger partial charge in [-0.15, -0.1) is 0 Å².